The Hall–Kier alpha value is -1.66. The van der Waals surface area contributed by atoms with Crippen LogP contribution in [0.15, 0.2) is 28.2 Å². The van der Waals surface area contributed by atoms with Crippen LogP contribution >= 0.6 is 11.3 Å². The van der Waals surface area contributed by atoms with Crippen LogP contribution in [-0.2, 0) is 0 Å². The number of nitrogens with one attached hydrogen (secondary N) is 1. The Morgan fingerprint density at radius 2 is 2.50 bits per heavy atom. The molecule has 1 atom stereocenters. The van der Waals surface area contributed by atoms with E-state index >= 15 is 0 Å². The molecule has 0 fully saturated rings. The van der Waals surface area contributed by atoms with E-state index in [1.54, 1.807) is 30.7 Å². The fourth-order valence-corrected chi connectivity index (χ4v) is 2.14. The molecule has 1 unspecified atom stereocenters. The number of aliphatic hydroxyl groups excluding tert-OH is 1. The molecular formula is C12H14N2O3S. The van der Waals surface area contributed by atoms with Gasteiger partial charge in [0, 0.05) is 11.9 Å². The second-order valence-corrected chi connectivity index (χ2v) is 4.77. The number of thiazole rings is 1. The van der Waals surface area contributed by atoms with Crippen LogP contribution in [-0.4, -0.2) is 28.6 Å². The van der Waals surface area contributed by atoms with E-state index < -0.39 is 6.10 Å². The van der Waals surface area contributed by atoms with Crippen molar-refractivity contribution in [2.75, 3.05) is 6.54 Å². The van der Waals surface area contributed by atoms with Crippen LogP contribution in [0.4, 0.5) is 0 Å². The average Bonchev–Trinajstić information content (AvgIpc) is 2.99. The van der Waals surface area contributed by atoms with E-state index in [2.05, 4.69) is 10.3 Å². The smallest absolute Gasteiger partial charge is 0.270 e. The van der Waals surface area contributed by atoms with Crippen LogP contribution in [0.25, 0.3) is 10.8 Å². The standard InChI is InChI=1S/C12H14N2O3S/c1-8(15)4-5-13-11(16)9-7-18-12(14-9)10-3-2-6-17-10/h2-3,6-8,15H,4-5H2,1H3,(H,13,16). The Morgan fingerprint density at radius 3 is 3.17 bits per heavy atom. The lowest BCUT2D eigenvalue weighted by Gasteiger charge is -2.04. The topological polar surface area (TPSA) is 75.4 Å². The van der Waals surface area contributed by atoms with Crippen molar-refractivity contribution < 1.29 is 14.3 Å². The van der Waals surface area contributed by atoms with E-state index in [4.69, 9.17) is 9.52 Å². The molecule has 0 aliphatic carbocycles. The molecule has 2 N–H and O–H groups in total. The summed E-state index contributed by atoms with van der Waals surface area (Å²) in [6, 6.07) is 3.58. The highest BCUT2D eigenvalue weighted by molar-refractivity contribution is 7.13. The maximum Gasteiger partial charge on any atom is 0.270 e. The predicted octanol–water partition coefficient (Wildman–Crippen LogP) is 1.90. The van der Waals surface area contributed by atoms with Gasteiger partial charge in [-0.3, -0.25) is 4.79 Å². The number of carbonyl (C=O) groups is 1. The highest BCUT2D eigenvalue weighted by atomic mass is 32.1. The van der Waals surface area contributed by atoms with E-state index in [0.717, 1.165) is 0 Å². The summed E-state index contributed by atoms with van der Waals surface area (Å²) in [6.07, 6.45) is 1.68. The number of hydrogen-bond acceptors (Lipinski definition) is 5. The summed E-state index contributed by atoms with van der Waals surface area (Å²) in [5.41, 5.74) is 0.372. The fraction of sp³-hybridized carbons (Fsp3) is 0.333. The minimum Gasteiger partial charge on any atom is -0.462 e. The first kappa shape index (κ1) is 12.8. The first-order valence-electron chi connectivity index (χ1n) is 5.62. The largest absolute Gasteiger partial charge is 0.462 e. The number of hydrogen-bond donors (Lipinski definition) is 2. The van der Waals surface area contributed by atoms with Gasteiger partial charge in [0.25, 0.3) is 5.91 Å². The van der Waals surface area contributed by atoms with E-state index in [-0.39, 0.29) is 5.91 Å². The van der Waals surface area contributed by atoms with Crippen LogP contribution < -0.4 is 5.32 Å². The molecule has 2 heterocycles. The summed E-state index contributed by atoms with van der Waals surface area (Å²) in [7, 11) is 0. The third-order valence-corrected chi connectivity index (χ3v) is 3.17. The van der Waals surface area contributed by atoms with Gasteiger partial charge in [-0.1, -0.05) is 0 Å². The number of furan rings is 1. The Balaban J connectivity index is 1.95. The molecule has 5 nitrogen and oxygen atoms in total. The van der Waals surface area contributed by atoms with Gasteiger partial charge in [-0.25, -0.2) is 4.98 Å². The van der Waals surface area contributed by atoms with Crippen molar-refractivity contribution in [2.45, 2.75) is 19.4 Å². The predicted molar refractivity (Wildman–Crippen MR) is 68.4 cm³/mol. The molecule has 2 aromatic rings. The number of nitrogens with zero attached hydrogens (tertiary/aromatic N) is 1. The number of rotatable bonds is 5. The second-order valence-electron chi connectivity index (χ2n) is 3.91. The summed E-state index contributed by atoms with van der Waals surface area (Å²) < 4.78 is 5.21. The lowest BCUT2D eigenvalue weighted by atomic mass is 10.3. The third-order valence-electron chi connectivity index (χ3n) is 2.32. The molecule has 0 aliphatic heterocycles. The van der Waals surface area contributed by atoms with Gasteiger partial charge in [0.1, 0.15) is 5.69 Å². The normalized spacial score (nSPS) is 12.3. The minimum absolute atomic E-state index is 0.232. The summed E-state index contributed by atoms with van der Waals surface area (Å²) in [5, 5.41) is 14.2. The van der Waals surface area contributed by atoms with E-state index in [1.807, 2.05) is 0 Å². The van der Waals surface area contributed by atoms with Crippen molar-refractivity contribution in [2.24, 2.45) is 0 Å². The molecule has 96 valence electrons. The first-order chi connectivity index (χ1) is 8.66. The lowest BCUT2D eigenvalue weighted by Crippen LogP contribution is -2.26. The molecule has 0 saturated carbocycles. The molecular weight excluding hydrogens is 252 g/mol. The van der Waals surface area contributed by atoms with Crippen molar-refractivity contribution in [3.8, 4) is 10.8 Å². The molecule has 0 spiro atoms. The Labute approximate surface area is 108 Å². The second kappa shape index (κ2) is 5.79. The highest BCUT2D eigenvalue weighted by Crippen LogP contribution is 2.23. The van der Waals surface area contributed by atoms with E-state index in [0.29, 0.717) is 29.4 Å². The van der Waals surface area contributed by atoms with Crippen molar-refractivity contribution >= 4 is 17.2 Å². The van der Waals surface area contributed by atoms with Gasteiger partial charge in [0.15, 0.2) is 10.8 Å². The molecule has 0 saturated heterocycles. The summed E-state index contributed by atoms with van der Waals surface area (Å²) >= 11 is 1.36. The van der Waals surface area contributed by atoms with Gasteiger partial charge in [-0.05, 0) is 25.5 Å². The van der Waals surface area contributed by atoms with Crippen LogP contribution in [0.3, 0.4) is 0 Å². The summed E-state index contributed by atoms with van der Waals surface area (Å²) in [6.45, 7) is 2.12. The zero-order valence-corrected chi connectivity index (χ0v) is 10.7. The molecule has 2 aromatic heterocycles. The van der Waals surface area contributed by atoms with Crippen LogP contribution in [0.2, 0.25) is 0 Å². The van der Waals surface area contributed by atoms with Gasteiger partial charge in [-0.2, -0.15) is 0 Å². The van der Waals surface area contributed by atoms with E-state index in [9.17, 15) is 4.79 Å². The lowest BCUT2D eigenvalue weighted by molar-refractivity contribution is 0.0941. The van der Waals surface area contributed by atoms with Crippen LogP contribution in [0.5, 0.6) is 0 Å². The molecule has 6 heteroatoms. The zero-order chi connectivity index (χ0) is 13.0. The quantitative estimate of drug-likeness (QED) is 0.866. The van der Waals surface area contributed by atoms with Crippen molar-refractivity contribution in [3.63, 3.8) is 0 Å². The molecule has 0 radical (unpaired) electrons. The van der Waals surface area contributed by atoms with Gasteiger partial charge >= 0.3 is 0 Å². The van der Waals surface area contributed by atoms with Gasteiger partial charge in [0.05, 0.1) is 12.4 Å². The Morgan fingerprint density at radius 1 is 1.67 bits per heavy atom. The number of aromatic nitrogens is 1. The molecule has 0 aromatic carbocycles. The van der Waals surface area contributed by atoms with Gasteiger partial charge in [0.2, 0.25) is 0 Å². The Kier molecular flexibility index (Phi) is 4.11. The maximum absolute atomic E-state index is 11.7. The Bertz CT molecular complexity index is 505. The maximum atomic E-state index is 11.7. The fourth-order valence-electron chi connectivity index (χ4n) is 1.38. The van der Waals surface area contributed by atoms with Crippen LogP contribution in [0.1, 0.15) is 23.8 Å². The SMILES string of the molecule is CC(O)CCNC(=O)c1csc(-c2ccco2)n1. The molecule has 1 amide bonds. The highest BCUT2D eigenvalue weighted by Gasteiger charge is 2.12. The first-order valence-corrected chi connectivity index (χ1v) is 6.50. The average molecular weight is 266 g/mol. The monoisotopic (exact) mass is 266 g/mol. The number of aliphatic hydroxyl groups is 1. The summed E-state index contributed by atoms with van der Waals surface area (Å²) in [5.74, 6) is 0.424. The number of carbonyl (C=O) groups excluding carboxylic acids is 1. The van der Waals surface area contributed by atoms with Gasteiger partial charge < -0.3 is 14.8 Å². The van der Waals surface area contributed by atoms with Crippen molar-refractivity contribution in [1.82, 2.24) is 10.3 Å². The minimum atomic E-state index is -0.417. The van der Waals surface area contributed by atoms with Gasteiger partial charge in [-0.15, -0.1) is 11.3 Å². The van der Waals surface area contributed by atoms with Crippen molar-refractivity contribution in [1.29, 1.82) is 0 Å². The molecule has 0 aliphatic rings. The third kappa shape index (κ3) is 3.18. The zero-order valence-electron chi connectivity index (χ0n) is 9.92. The van der Waals surface area contributed by atoms with E-state index in [1.165, 1.54) is 11.3 Å². The van der Waals surface area contributed by atoms with Crippen LogP contribution in [0, 0.1) is 0 Å². The molecule has 18 heavy (non-hydrogen) atoms. The molecule has 2 rings (SSSR count). The molecule has 0 bridgehead atoms. The number of amides is 1. The summed E-state index contributed by atoms with van der Waals surface area (Å²) in [4.78, 5) is 15.9. The van der Waals surface area contributed by atoms with Crippen molar-refractivity contribution in [3.05, 3.63) is 29.5 Å².